The highest BCUT2D eigenvalue weighted by molar-refractivity contribution is 6.03. The minimum absolute atomic E-state index is 0.0756. The minimum Gasteiger partial charge on any atom is -0.505 e. The summed E-state index contributed by atoms with van der Waals surface area (Å²) in [5.74, 6) is -1.80. The zero-order chi connectivity index (χ0) is 21.4. The summed E-state index contributed by atoms with van der Waals surface area (Å²) in [5.41, 5.74) is -0.214. The topological polar surface area (TPSA) is 96.6 Å². The first-order chi connectivity index (χ1) is 13.9. The van der Waals surface area contributed by atoms with E-state index in [2.05, 4.69) is 6.92 Å². The summed E-state index contributed by atoms with van der Waals surface area (Å²) in [4.78, 5) is 37.3. The lowest BCUT2D eigenvalue weighted by Gasteiger charge is -2.16. The van der Waals surface area contributed by atoms with Crippen LogP contribution in [-0.4, -0.2) is 32.3 Å². The molecule has 2 N–H and O–H groups in total. The van der Waals surface area contributed by atoms with E-state index in [-0.39, 0.29) is 47.7 Å². The van der Waals surface area contributed by atoms with Gasteiger partial charge in [-0.3, -0.25) is 19.0 Å². The van der Waals surface area contributed by atoms with Crippen molar-refractivity contribution >= 4 is 17.5 Å². The van der Waals surface area contributed by atoms with Gasteiger partial charge in [0.15, 0.2) is 5.78 Å². The molecule has 0 amide bonds. The molecule has 1 aliphatic carbocycles. The lowest BCUT2D eigenvalue weighted by Crippen LogP contribution is -2.17. The Morgan fingerprint density at radius 3 is 2.62 bits per heavy atom. The number of hydrogen-bond acceptors (Lipinski definition) is 5. The summed E-state index contributed by atoms with van der Waals surface area (Å²) in [6.07, 6.45) is 11.7. The van der Waals surface area contributed by atoms with Gasteiger partial charge in [-0.2, -0.15) is 0 Å². The third-order valence-corrected chi connectivity index (χ3v) is 5.74. The van der Waals surface area contributed by atoms with Crippen LogP contribution in [0.3, 0.4) is 0 Å². The summed E-state index contributed by atoms with van der Waals surface area (Å²) < 4.78 is 0.968. The molecule has 0 bridgehead atoms. The van der Waals surface area contributed by atoms with Gasteiger partial charge in [-0.15, -0.1) is 0 Å². The number of aromatic hydroxyl groups is 2. The summed E-state index contributed by atoms with van der Waals surface area (Å²) in [7, 11) is 0. The van der Waals surface area contributed by atoms with Crippen molar-refractivity contribution in [2.24, 2.45) is 11.8 Å². The van der Waals surface area contributed by atoms with Gasteiger partial charge in [-0.1, -0.05) is 45.3 Å². The molecule has 0 saturated heterocycles. The van der Waals surface area contributed by atoms with Crippen molar-refractivity contribution in [3.8, 4) is 11.6 Å². The molecule has 29 heavy (non-hydrogen) atoms. The third kappa shape index (κ3) is 5.81. The number of carbonyl (C=O) groups is 3. The molecule has 1 aliphatic rings. The van der Waals surface area contributed by atoms with Gasteiger partial charge in [0.1, 0.15) is 17.1 Å². The lowest BCUT2D eigenvalue weighted by molar-refractivity contribution is -0.121. The predicted octanol–water partition coefficient (Wildman–Crippen LogP) is 5.03. The fraction of sp³-hybridized carbons (Fsp3) is 0.609. The first-order valence-corrected chi connectivity index (χ1v) is 10.8. The van der Waals surface area contributed by atoms with Gasteiger partial charge in [-0.05, 0) is 31.6 Å². The number of allylic oxidation sites excluding steroid dienone is 2. The molecule has 160 valence electrons. The molecule has 0 spiro atoms. The quantitative estimate of drug-likeness (QED) is 0.307. The van der Waals surface area contributed by atoms with Gasteiger partial charge in [-0.25, -0.2) is 0 Å². The van der Waals surface area contributed by atoms with Crippen molar-refractivity contribution in [1.82, 2.24) is 4.57 Å². The van der Waals surface area contributed by atoms with Crippen molar-refractivity contribution in [1.29, 1.82) is 0 Å². The Bertz CT molecular complexity index is 762. The zero-order valence-corrected chi connectivity index (χ0v) is 17.5. The second kappa shape index (κ2) is 11.0. The SMILES string of the molecule is CCC=CC[C@@H]1C(=O)CC[C@H]1CC(=O)c1c(O)cn(C(=O)CCCCCC)c1O. The molecule has 0 aromatic carbocycles. The highest BCUT2D eigenvalue weighted by atomic mass is 16.3. The van der Waals surface area contributed by atoms with Crippen LogP contribution in [-0.2, 0) is 4.79 Å². The lowest BCUT2D eigenvalue weighted by atomic mass is 9.87. The Morgan fingerprint density at radius 1 is 1.17 bits per heavy atom. The second-order valence-corrected chi connectivity index (χ2v) is 7.90. The van der Waals surface area contributed by atoms with Crippen molar-refractivity contribution < 1.29 is 24.6 Å². The van der Waals surface area contributed by atoms with Crippen molar-refractivity contribution in [3.63, 3.8) is 0 Å². The zero-order valence-electron chi connectivity index (χ0n) is 17.5. The Balaban J connectivity index is 2.07. The molecule has 6 nitrogen and oxygen atoms in total. The largest absolute Gasteiger partial charge is 0.505 e. The van der Waals surface area contributed by atoms with Gasteiger partial charge in [0, 0.05) is 25.2 Å². The van der Waals surface area contributed by atoms with Gasteiger partial charge < -0.3 is 10.2 Å². The maximum absolute atomic E-state index is 12.8. The number of ketones is 2. The van der Waals surface area contributed by atoms with Gasteiger partial charge in [0.25, 0.3) is 0 Å². The van der Waals surface area contributed by atoms with E-state index in [4.69, 9.17) is 0 Å². The van der Waals surface area contributed by atoms with Crippen LogP contribution in [0.25, 0.3) is 0 Å². The van der Waals surface area contributed by atoms with Crippen LogP contribution >= 0.6 is 0 Å². The predicted molar refractivity (Wildman–Crippen MR) is 111 cm³/mol. The van der Waals surface area contributed by atoms with Crippen molar-refractivity contribution in [2.75, 3.05) is 0 Å². The van der Waals surface area contributed by atoms with E-state index in [1.165, 1.54) is 0 Å². The van der Waals surface area contributed by atoms with Crippen LogP contribution in [0.1, 0.15) is 93.2 Å². The molecule has 1 aromatic rings. The standard InChI is InChI=1S/C23H33NO5/c1-3-5-7-9-11-21(28)24-15-20(27)22(23(24)29)19(26)14-16-12-13-18(25)17(16)10-8-6-4-2/h6,8,15-17,27,29H,3-5,7,9-14H2,1-2H3/t16-,17-/m0/s1. The maximum Gasteiger partial charge on any atom is 0.233 e. The van der Waals surface area contributed by atoms with Crippen LogP contribution in [0.15, 0.2) is 18.3 Å². The number of nitrogens with zero attached hydrogens (tertiary/aromatic N) is 1. The fourth-order valence-corrected chi connectivity index (χ4v) is 4.06. The van der Waals surface area contributed by atoms with E-state index >= 15 is 0 Å². The number of carbonyl (C=O) groups excluding carboxylic acids is 3. The number of rotatable bonds is 11. The average molecular weight is 404 g/mol. The Hall–Kier alpha value is -2.37. The van der Waals surface area contributed by atoms with Crippen LogP contribution in [0, 0.1) is 11.8 Å². The van der Waals surface area contributed by atoms with E-state index in [1.54, 1.807) is 0 Å². The monoisotopic (exact) mass is 403 g/mol. The molecule has 1 aromatic heterocycles. The molecular weight excluding hydrogens is 370 g/mol. The van der Waals surface area contributed by atoms with Crippen LogP contribution < -0.4 is 0 Å². The first-order valence-electron chi connectivity index (χ1n) is 10.8. The minimum atomic E-state index is -0.500. The first kappa shape index (κ1) is 22.9. The molecular formula is C23H33NO5. The summed E-state index contributed by atoms with van der Waals surface area (Å²) in [6.45, 7) is 4.10. The Morgan fingerprint density at radius 2 is 1.93 bits per heavy atom. The van der Waals surface area contributed by atoms with E-state index in [0.717, 1.165) is 36.4 Å². The van der Waals surface area contributed by atoms with E-state index in [1.807, 2.05) is 19.1 Å². The van der Waals surface area contributed by atoms with Crippen LogP contribution in [0.4, 0.5) is 0 Å². The normalized spacial score (nSPS) is 19.3. The van der Waals surface area contributed by atoms with E-state index in [0.29, 0.717) is 25.7 Å². The second-order valence-electron chi connectivity index (χ2n) is 7.90. The summed E-state index contributed by atoms with van der Waals surface area (Å²) in [6, 6.07) is 0. The van der Waals surface area contributed by atoms with Crippen LogP contribution in [0.2, 0.25) is 0 Å². The van der Waals surface area contributed by atoms with Crippen molar-refractivity contribution in [2.45, 2.75) is 78.1 Å². The smallest absolute Gasteiger partial charge is 0.233 e. The molecule has 1 fully saturated rings. The van der Waals surface area contributed by atoms with E-state index in [9.17, 15) is 24.6 Å². The summed E-state index contributed by atoms with van der Waals surface area (Å²) in [5, 5.41) is 20.6. The van der Waals surface area contributed by atoms with Gasteiger partial charge in [0.2, 0.25) is 11.8 Å². The highest BCUT2D eigenvalue weighted by Gasteiger charge is 2.36. The highest BCUT2D eigenvalue weighted by Crippen LogP contribution is 2.38. The Labute approximate surface area is 172 Å². The maximum atomic E-state index is 12.8. The van der Waals surface area contributed by atoms with Crippen LogP contribution in [0.5, 0.6) is 11.6 Å². The molecule has 2 rings (SSSR count). The summed E-state index contributed by atoms with van der Waals surface area (Å²) >= 11 is 0. The van der Waals surface area contributed by atoms with E-state index < -0.39 is 11.7 Å². The molecule has 0 radical (unpaired) electrons. The molecule has 0 aliphatic heterocycles. The van der Waals surface area contributed by atoms with Gasteiger partial charge >= 0.3 is 0 Å². The average Bonchev–Trinajstić information content (AvgIpc) is 3.18. The van der Waals surface area contributed by atoms with Gasteiger partial charge in [0.05, 0.1) is 6.20 Å². The Kier molecular flexibility index (Phi) is 8.68. The fourth-order valence-electron chi connectivity index (χ4n) is 4.06. The number of Topliss-reactive ketones (excluding diaryl/α,β-unsaturated/α-hetero) is 2. The number of unbranched alkanes of at least 4 members (excludes halogenated alkanes) is 3. The third-order valence-electron chi connectivity index (χ3n) is 5.74. The molecule has 1 saturated carbocycles. The van der Waals surface area contributed by atoms with Crippen molar-refractivity contribution in [3.05, 3.63) is 23.9 Å². The number of aromatic nitrogens is 1. The number of hydrogen-bond donors (Lipinski definition) is 2. The molecule has 0 unspecified atom stereocenters. The molecule has 2 atom stereocenters. The molecule has 1 heterocycles. The molecule has 6 heteroatoms.